The predicted octanol–water partition coefficient (Wildman–Crippen LogP) is 2.76. The number of rotatable bonds is 3. The zero-order chi connectivity index (χ0) is 14.6. The van der Waals surface area contributed by atoms with Crippen LogP contribution in [0.5, 0.6) is 0 Å². The molecule has 2 aliphatic rings. The fourth-order valence-electron chi connectivity index (χ4n) is 3.54. The molecule has 0 unspecified atom stereocenters. The first-order valence-electron chi connectivity index (χ1n) is 8.03. The molecule has 1 saturated carbocycles. The van der Waals surface area contributed by atoms with Crippen molar-refractivity contribution in [3.8, 4) is 0 Å². The van der Waals surface area contributed by atoms with E-state index in [2.05, 4.69) is 6.92 Å². The number of ether oxygens (including phenoxy) is 1. The normalized spacial score (nSPS) is 26.1. The Hall–Kier alpha value is -1.06. The lowest BCUT2D eigenvalue weighted by Crippen LogP contribution is -2.49. The van der Waals surface area contributed by atoms with Crippen LogP contribution < -0.4 is 0 Å². The molecule has 1 saturated heterocycles. The molecule has 114 valence electrons. The Labute approximate surface area is 121 Å². The van der Waals surface area contributed by atoms with E-state index in [0.717, 1.165) is 45.1 Å². The number of carbonyl (C=O) groups excluding carboxylic acids is 2. The summed E-state index contributed by atoms with van der Waals surface area (Å²) < 4.78 is 5.10. The second-order valence-electron chi connectivity index (χ2n) is 6.46. The quantitative estimate of drug-likeness (QED) is 0.747. The molecule has 1 aliphatic carbocycles. The molecule has 0 N–H and O–H groups in total. The number of amides is 1. The molecule has 2 rings (SSSR count). The van der Waals surface area contributed by atoms with Crippen molar-refractivity contribution < 1.29 is 14.3 Å². The highest BCUT2D eigenvalue weighted by atomic mass is 16.5. The predicted molar refractivity (Wildman–Crippen MR) is 77.1 cm³/mol. The molecule has 0 bridgehead atoms. The minimum atomic E-state index is -0.200. The molecule has 0 aromatic carbocycles. The van der Waals surface area contributed by atoms with Gasteiger partial charge in [0.1, 0.15) is 0 Å². The van der Waals surface area contributed by atoms with Crippen molar-refractivity contribution in [1.29, 1.82) is 0 Å². The van der Waals surface area contributed by atoms with Gasteiger partial charge in [-0.15, -0.1) is 0 Å². The van der Waals surface area contributed by atoms with E-state index in [4.69, 9.17) is 4.74 Å². The number of nitrogens with zero attached hydrogens (tertiary/aromatic N) is 1. The minimum absolute atomic E-state index is 0.125. The Kier molecular flexibility index (Phi) is 5.06. The molecular weight excluding hydrogens is 254 g/mol. The molecule has 4 nitrogen and oxygen atoms in total. The molecule has 0 aromatic heterocycles. The van der Waals surface area contributed by atoms with Crippen LogP contribution in [0.15, 0.2) is 0 Å². The molecule has 1 amide bonds. The molecule has 2 fully saturated rings. The summed E-state index contributed by atoms with van der Waals surface area (Å²) in [6, 6.07) is 0. The van der Waals surface area contributed by atoms with E-state index >= 15 is 0 Å². The van der Waals surface area contributed by atoms with E-state index in [0.29, 0.717) is 13.2 Å². The average Bonchev–Trinajstić information content (AvgIpc) is 2.47. The van der Waals surface area contributed by atoms with E-state index in [9.17, 15) is 9.59 Å². The van der Waals surface area contributed by atoms with Gasteiger partial charge in [-0.1, -0.05) is 26.2 Å². The summed E-state index contributed by atoms with van der Waals surface area (Å²) >= 11 is 0. The van der Waals surface area contributed by atoms with Gasteiger partial charge in [-0.25, -0.2) is 0 Å². The Morgan fingerprint density at radius 1 is 1.20 bits per heavy atom. The van der Waals surface area contributed by atoms with Crippen LogP contribution in [0.3, 0.4) is 0 Å². The maximum absolute atomic E-state index is 12.8. The summed E-state index contributed by atoms with van der Waals surface area (Å²) in [5, 5.41) is 0. The second-order valence-corrected chi connectivity index (χ2v) is 6.46. The lowest BCUT2D eigenvalue weighted by atomic mass is 9.74. The van der Waals surface area contributed by atoms with Gasteiger partial charge < -0.3 is 9.64 Å². The third kappa shape index (κ3) is 3.33. The molecule has 0 radical (unpaired) electrons. The van der Waals surface area contributed by atoms with E-state index in [1.807, 2.05) is 11.8 Å². The van der Waals surface area contributed by atoms with E-state index in [1.54, 1.807) is 0 Å². The molecule has 20 heavy (non-hydrogen) atoms. The van der Waals surface area contributed by atoms with Gasteiger partial charge >= 0.3 is 5.97 Å². The molecule has 1 aliphatic heterocycles. The first kappa shape index (κ1) is 15.3. The molecular formula is C16H27NO3. The lowest BCUT2D eigenvalue weighted by Gasteiger charge is -2.40. The van der Waals surface area contributed by atoms with Crippen molar-refractivity contribution in [3.63, 3.8) is 0 Å². The van der Waals surface area contributed by atoms with Crippen LogP contribution in [-0.4, -0.2) is 36.5 Å². The number of esters is 1. The number of carbonyl (C=O) groups is 2. The molecule has 1 atom stereocenters. The third-order valence-electron chi connectivity index (χ3n) is 4.80. The molecule has 4 heteroatoms. The number of piperidine rings is 1. The Bertz CT molecular complexity index is 361. The van der Waals surface area contributed by atoms with Crippen molar-refractivity contribution in [2.45, 2.75) is 58.8 Å². The molecule has 1 heterocycles. The van der Waals surface area contributed by atoms with Gasteiger partial charge in [0.25, 0.3) is 0 Å². The maximum atomic E-state index is 12.8. The van der Waals surface area contributed by atoms with Gasteiger partial charge in [0.05, 0.1) is 12.5 Å². The van der Waals surface area contributed by atoms with Crippen molar-refractivity contribution in [3.05, 3.63) is 0 Å². The van der Waals surface area contributed by atoms with Gasteiger partial charge in [-0.2, -0.15) is 0 Å². The zero-order valence-corrected chi connectivity index (χ0v) is 12.8. The smallest absolute Gasteiger partial charge is 0.310 e. The van der Waals surface area contributed by atoms with Gasteiger partial charge in [0, 0.05) is 18.5 Å². The van der Waals surface area contributed by atoms with E-state index in [1.165, 1.54) is 6.42 Å². The van der Waals surface area contributed by atoms with Crippen molar-refractivity contribution in [1.82, 2.24) is 4.90 Å². The summed E-state index contributed by atoms with van der Waals surface area (Å²) in [6.07, 6.45) is 7.28. The van der Waals surface area contributed by atoms with Gasteiger partial charge in [0.15, 0.2) is 0 Å². The van der Waals surface area contributed by atoms with Crippen LogP contribution in [-0.2, 0) is 14.3 Å². The first-order chi connectivity index (χ1) is 9.57. The summed E-state index contributed by atoms with van der Waals surface area (Å²) in [6.45, 7) is 5.69. The highest BCUT2D eigenvalue weighted by Gasteiger charge is 2.40. The topological polar surface area (TPSA) is 46.6 Å². The standard InChI is InChI=1S/C16H27NO3/c1-3-20-14(18)13-8-7-11-17(12-13)15(19)16(2)9-5-4-6-10-16/h13H,3-12H2,1-2H3/t13-/m1/s1. The van der Waals surface area contributed by atoms with Crippen LogP contribution >= 0.6 is 0 Å². The van der Waals surface area contributed by atoms with Gasteiger partial charge in [-0.3, -0.25) is 9.59 Å². The number of hydrogen-bond acceptors (Lipinski definition) is 3. The second kappa shape index (κ2) is 6.59. The fourth-order valence-corrected chi connectivity index (χ4v) is 3.54. The molecule has 0 aromatic rings. The first-order valence-corrected chi connectivity index (χ1v) is 8.03. The summed E-state index contributed by atoms with van der Waals surface area (Å²) in [4.78, 5) is 26.6. The maximum Gasteiger partial charge on any atom is 0.310 e. The number of likely N-dealkylation sites (tertiary alicyclic amines) is 1. The third-order valence-corrected chi connectivity index (χ3v) is 4.80. The van der Waals surface area contributed by atoms with E-state index < -0.39 is 0 Å². The SMILES string of the molecule is CCOC(=O)[C@@H]1CCCN(C(=O)C2(C)CCCCC2)C1. The minimum Gasteiger partial charge on any atom is -0.466 e. The largest absolute Gasteiger partial charge is 0.466 e. The fraction of sp³-hybridized carbons (Fsp3) is 0.875. The van der Waals surface area contributed by atoms with Gasteiger partial charge in [0.2, 0.25) is 5.91 Å². The lowest BCUT2D eigenvalue weighted by molar-refractivity contribution is -0.154. The Balaban J connectivity index is 1.97. The Morgan fingerprint density at radius 2 is 1.90 bits per heavy atom. The summed E-state index contributed by atoms with van der Waals surface area (Å²) in [5.41, 5.74) is -0.200. The van der Waals surface area contributed by atoms with Crippen LogP contribution in [0.4, 0.5) is 0 Å². The van der Waals surface area contributed by atoms with E-state index in [-0.39, 0.29) is 23.2 Å². The molecule has 0 spiro atoms. The van der Waals surface area contributed by atoms with Crippen LogP contribution in [0, 0.1) is 11.3 Å². The van der Waals surface area contributed by atoms with Crippen molar-refractivity contribution >= 4 is 11.9 Å². The van der Waals surface area contributed by atoms with Crippen LogP contribution in [0.25, 0.3) is 0 Å². The van der Waals surface area contributed by atoms with Gasteiger partial charge in [-0.05, 0) is 32.6 Å². The highest BCUT2D eigenvalue weighted by Crippen LogP contribution is 2.38. The number of hydrogen-bond donors (Lipinski definition) is 0. The Morgan fingerprint density at radius 3 is 2.55 bits per heavy atom. The van der Waals surface area contributed by atoms with Crippen molar-refractivity contribution in [2.75, 3.05) is 19.7 Å². The van der Waals surface area contributed by atoms with Crippen molar-refractivity contribution in [2.24, 2.45) is 11.3 Å². The summed E-state index contributed by atoms with van der Waals surface area (Å²) in [5.74, 6) is -0.00941. The van der Waals surface area contributed by atoms with Crippen LogP contribution in [0.2, 0.25) is 0 Å². The average molecular weight is 281 g/mol. The van der Waals surface area contributed by atoms with Crippen LogP contribution in [0.1, 0.15) is 58.8 Å². The zero-order valence-electron chi connectivity index (χ0n) is 12.8. The monoisotopic (exact) mass is 281 g/mol. The highest BCUT2D eigenvalue weighted by molar-refractivity contribution is 5.83. The summed E-state index contributed by atoms with van der Waals surface area (Å²) in [7, 11) is 0.